The molecule has 0 spiro atoms. The summed E-state index contributed by atoms with van der Waals surface area (Å²) >= 11 is 0. The molecule has 2 saturated heterocycles. The van der Waals surface area contributed by atoms with Gasteiger partial charge in [0.2, 0.25) is 0 Å². The predicted molar refractivity (Wildman–Crippen MR) is 149 cm³/mol. The number of aliphatic hydroxyl groups is 4. The monoisotopic (exact) mass is 590 g/mol. The van der Waals surface area contributed by atoms with E-state index in [-0.39, 0.29) is 73.4 Å². The van der Waals surface area contributed by atoms with Crippen molar-refractivity contribution in [1.82, 2.24) is 0 Å². The van der Waals surface area contributed by atoms with Gasteiger partial charge < -0.3 is 53.6 Å². The molecule has 13 nitrogen and oxygen atoms in total. The molecule has 2 aliphatic rings. The number of hydrogen-bond acceptors (Lipinski definition) is 13. The van der Waals surface area contributed by atoms with E-state index in [4.69, 9.17) is 38.3 Å². The fraction of sp³-hybridized carbons (Fsp3) is 0.926. The lowest BCUT2D eigenvalue weighted by molar-refractivity contribution is -0.283. The van der Waals surface area contributed by atoms with Crippen molar-refractivity contribution in [3.8, 4) is 0 Å². The van der Waals surface area contributed by atoms with Crippen LogP contribution in [0.2, 0.25) is 0 Å². The summed E-state index contributed by atoms with van der Waals surface area (Å²) < 4.78 is 36.1. The molecule has 2 aliphatic heterocycles. The van der Waals surface area contributed by atoms with Crippen LogP contribution in [-0.4, -0.2) is 122 Å². The molecule has 0 aromatic carbocycles. The second kappa shape index (κ2) is 22.2. The molecule has 11 atom stereocenters. The molecule has 4 N–H and O–H groups in total. The molecule has 0 saturated carbocycles. The third kappa shape index (κ3) is 13.5. The summed E-state index contributed by atoms with van der Waals surface area (Å²) in [7, 11) is 2.78. The summed E-state index contributed by atoms with van der Waals surface area (Å²) in [5.74, 6) is -1.43. The lowest BCUT2D eigenvalue weighted by Gasteiger charge is -2.41. The Morgan fingerprint density at radius 3 is 1.75 bits per heavy atom. The zero-order chi connectivity index (χ0) is 27.6. The molecule has 0 radical (unpaired) electrons. The second-order valence-corrected chi connectivity index (χ2v) is 8.96. The van der Waals surface area contributed by atoms with Crippen LogP contribution in [0.25, 0.3) is 0 Å². The van der Waals surface area contributed by atoms with Gasteiger partial charge in [0.25, 0.3) is 0 Å². The van der Waals surface area contributed by atoms with E-state index in [0.29, 0.717) is 0 Å². The highest BCUT2D eigenvalue weighted by Crippen LogP contribution is 2.29. The molecule has 11 unspecified atom stereocenters. The molecule has 2 heterocycles. The summed E-state index contributed by atoms with van der Waals surface area (Å²) in [6, 6.07) is 0. The maximum Gasteiger partial charge on any atom is 0.303 e. The number of rotatable bonds is 9. The van der Waals surface area contributed by atoms with Crippen LogP contribution in [-0.2, 0) is 42.7 Å². The lowest BCUT2D eigenvalue weighted by Crippen LogP contribution is -2.56. The molecule has 2 fully saturated rings. The molecule has 13 heteroatoms. The molecule has 0 bridgehead atoms. The Labute approximate surface area is 241 Å². The number of ether oxygens (including phenoxy) is 7. The Morgan fingerprint density at radius 1 is 0.800 bits per heavy atom. The van der Waals surface area contributed by atoms with Gasteiger partial charge in [-0.25, -0.2) is 0 Å². The minimum absolute atomic E-state index is 0. The largest absolute Gasteiger partial charge is 0.460 e. The van der Waals surface area contributed by atoms with E-state index in [0.717, 1.165) is 0 Å². The quantitative estimate of drug-likeness (QED) is 0.284. The van der Waals surface area contributed by atoms with Crippen molar-refractivity contribution in [3.63, 3.8) is 0 Å². The third-order valence-electron chi connectivity index (χ3n) is 6.04. The van der Waals surface area contributed by atoms with Gasteiger partial charge in [-0.15, -0.1) is 0 Å². The van der Waals surface area contributed by atoms with Gasteiger partial charge in [-0.2, -0.15) is 0 Å². The van der Waals surface area contributed by atoms with Crippen LogP contribution in [0.15, 0.2) is 0 Å². The van der Waals surface area contributed by atoms with E-state index < -0.39 is 55.2 Å². The summed E-state index contributed by atoms with van der Waals surface area (Å²) in [5.41, 5.74) is 0. The van der Waals surface area contributed by atoms with E-state index in [9.17, 15) is 24.9 Å². The SMILES string of the molecule is C.C.C.C.COC1OC(CO)C(C)C(OC(C)=O)C1O.COC1OC(COCC(C)OC(C)=O)C(C)C(O)C1O. The second-order valence-electron chi connectivity index (χ2n) is 8.96. The number of esters is 2. The number of methoxy groups -OCH3 is 2. The third-order valence-corrected chi connectivity index (χ3v) is 6.04. The first-order valence-electron chi connectivity index (χ1n) is 11.8. The number of hydrogen-bond donors (Lipinski definition) is 4. The molecule has 0 aliphatic carbocycles. The maximum absolute atomic E-state index is 10.9. The Morgan fingerprint density at radius 2 is 1.30 bits per heavy atom. The standard InChI is InChI=1S/C13H24O7.C10H18O6.4CH4/c1-7(19-9(3)14)5-18-6-10-8(2)11(15)12(16)13(17-4)20-10;1-5-7(4-11)16-10(14-3)8(13)9(5)15-6(2)12;;;;/h7-8,10-13,15-16H,5-6H2,1-4H3;5,7-11,13H,4H2,1-3H3;4*1H4. The molecule has 2 rings (SSSR count). The van der Waals surface area contributed by atoms with Gasteiger partial charge in [-0.1, -0.05) is 43.6 Å². The van der Waals surface area contributed by atoms with Crippen LogP contribution < -0.4 is 0 Å². The molecule has 0 aromatic rings. The first-order valence-corrected chi connectivity index (χ1v) is 11.8. The number of carbonyl (C=O) groups excluding carboxylic acids is 2. The normalized spacial score (nSPS) is 33.6. The van der Waals surface area contributed by atoms with Crippen molar-refractivity contribution in [3.05, 3.63) is 0 Å². The Balaban J connectivity index is -0.000000300. The Kier molecular flexibility index (Phi) is 25.3. The minimum atomic E-state index is -1.08. The smallest absolute Gasteiger partial charge is 0.303 e. The number of aliphatic hydroxyl groups excluding tert-OH is 4. The summed E-state index contributed by atoms with van der Waals surface area (Å²) in [5, 5.41) is 38.6. The minimum Gasteiger partial charge on any atom is -0.460 e. The highest BCUT2D eigenvalue weighted by molar-refractivity contribution is 5.66. The summed E-state index contributed by atoms with van der Waals surface area (Å²) in [4.78, 5) is 21.7. The zero-order valence-corrected chi connectivity index (χ0v) is 21.9. The van der Waals surface area contributed by atoms with E-state index in [1.54, 1.807) is 20.8 Å². The zero-order valence-electron chi connectivity index (χ0n) is 21.9. The van der Waals surface area contributed by atoms with Crippen molar-refractivity contribution in [2.75, 3.05) is 34.0 Å². The predicted octanol–water partition coefficient (Wildman–Crippen LogP) is 1.51. The van der Waals surface area contributed by atoms with Crippen molar-refractivity contribution in [2.24, 2.45) is 11.8 Å². The van der Waals surface area contributed by atoms with Crippen LogP contribution >= 0.6 is 0 Å². The molecule has 40 heavy (non-hydrogen) atoms. The van der Waals surface area contributed by atoms with Gasteiger partial charge >= 0.3 is 11.9 Å². The molecule has 244 valence electrons. The average Bonchev–Trinajstić information content (AvgIpc) is 2.81. The van der Waals surface area contributed by atoms with E-state index >= 15 is 0 Å². The highest BCUT2D eigenvalue weighted by atomic mass is 16.7. The van der Waals surface area contributed by atoms with Crippen molar-refractivity contribution >= 4 is 11.9 Å². The lowest BCUT2D eigenvalue weighted by atomic mass is 9.91. The topological polar surface area (TPSA) is 180 Å². The average molecular weight is 591 g/mol. The van der Waals surface area contributed by atoms with Gasteiger partial charge in [-0.3, -0.25) is 9.59 Å². The van der Waals surface area contributed by atoms with Crippen molar-refractivity contribution in [2.45, 2.75) is 120 Å². The Bertz CT molecular complexity index is 646. The van der Waals surface area contributed by atoms with E-state index in [1.807, 2.05) is 0 Å². The van der Waals surface area contributed by atoms with E-state index in [1.165, 1.54) is 28.1 Å². The first-order chi connectivity index (χ1) is 16.9. The van der Waals surface area contributed by atoms with Gasteiger partial charge in [0, 0.05) is 39.9 Å². The fourth-order valence-corrected chi connectivity index (χ4v) is 3.95. The van der Waals surface area contributed by atoms with Gasteiger partial charge in [0.05, 0.1) is 38.1 Å². The Hall–Kier alpha value is -1.42. The van der Waals surface area contributed by atoms with E-state index in [2.05, 4.69) is 0 Å². The molecular weight excluding hydrogens is 532 g/mol. The van der Waals surface area contributed by atoms with Crippen LogP contribution in [0.5, 0.6) is 0 Å². The van der Waals surface area contributed by atoms with Crippen LogP contribution in [0.1, 0.15) is 64.3 Å². The summed E-state index contributed by atoms with van der Waals surface area (Å²) in [6.45, 7) is 8.08. The van der Waals surface area contributed by atoms with Crippen molar-refractivity contribution in [1.29, 1.82) is 0 Å². The van der Waals surface area contributed by atoms with Gasteiger partial charge in [0.15, 0.2) is 12.6 Å². The molecular formula is C27H58O13. The fourth-order valence-electron chi connectivity index (χ4n) is 3.95. The van der Waals surface area contributed by atoms with Crippen LogP contribution in [0, 0.1) is 11.8 Å². The number of carbonyl (C=O) groups is 2. The molecule has 0 amide bonds. The maximum atomic E-state index is 10.9. The van der Waals surface area contributed by atoms with Crippen molar-refractivity contribution < 1.29 is 63.2 Å². The molecule has 0 aromatic heterocycles. The summed E-state index contributed by atoms with van der Waals surface area (Å²) in [6.07, 6.45) is -6.82. The van der Waals surface area contributed by atoms with Gasteiger partial charge in [0.1, 0.15) is 24.4 Å². The highest BCUT2D eigenvalue weighted by Gasteiger charge is 2.45. The van der Waals surface area contributed by atoms with Crippen LogP contribution in [0.3, 0.4) is 0 Å². The van der Waals surface area contributed by atoms with Crippen LogP contribution in [0.4, 0.5) is 0 Å². The first kappa shape index (κ1) is 45.6. The van der Waals surface area contributed by atoms with Gasteiger partial charge in [-0.05, 0) is 6.92 Å².